The molecule has 0 spiro atoms. The summed E-state index contributed by atoms with van der Waals surface area (Å²) >= 11 is 5.68. The van der Waals surface area contributed by atoms with E-state index in [2.05, 4.69) is 31.2 Å². The molecule has 0 N–H and O–H groups in total. The van der Waals surface area contributed by atoms with Gasteiger partial charge in [0.05, 0.1) is 10.6 Å². The van der Waals surface area contributed by atoms with Crippen molar-refractivity contribution in [2.24, 2.45) is 5.92 Å². The van der Waals surface area contributed by atoms with E-state index >= 15 is 0 Å². The van der Waals surface area contributed by atoms with E-state index in [1.54, 1.807) is 0 Å². The van der Waals surface area contributed by atoms with Crippen molar-refractivity contribution in [3.63, 3.8) is 0 Å². The van der Waals surface area contributed by atoms with Gasteiger partial charge >= 0.3 is 0 Å². The number of hydrogen-bond acceptors (Lipinski definition) is 0. The molecule has 3 aromatic rings. The Morgan fingerprint density at radius 2 is 1.45 bits per heavy atom. The molecule has 0 aromatic heterocycles. The molecule has 1 saturated carbocycles. The van der Waals surface area contributed by atoms with Gasteiger partial charge in [-0.3, -0.25) is 0 Å². The van der Waals surface area contributed by atoms with Gasteiger partial charge < -0.3 is 0 Å². The van der Waals surface area contributed by atoms with Crippen molar-refractivity contribution in [3.05, 3.63) is 93.8 Å². The molecule has 0 radical (unpaired) electrons. The first-order chi connectivity index (χ1) is 14.9. The second kappa shape index (κ2) is 9.48. The van der Waals surface area contributed by atoms with E-state index in [0.717, 1.165) is 38.2 Å². The van der Waals surface area contributed by atoms with Gasteiger partial charge in [0.25, 0.3) is 0 Å². The van der Waals surface area contributed by atoms with Gasteiger partial charge in [0, 0.05) is 0 Å². The lowest BCUT2D eigenvalue weighted by atomic mass is 9.77. The Bertz CT molecular complexity index is 1030. The van der Waals surface area contributed by atoms with Gasteiger partial charge in [-0.15, -0.1) is 0 Å². The molecular formula is C27H26ClF3. The van der Waals surface area contributed by atoms with Crippen LogP contribution in [0.4, 0.5) is 13.2 Å². The molecule has 1 aliphatic rings. The molecule has 1 fully saturated rings. The van der Waals surface area contributed by atoms with E-state index in [9.17, 15) is 13.2 Å². The van der Waals surface area contributed by atoms with Crippen LogP contribution in [-0.4, -0.2) is 0 Å². The highest BCUT2D eigenvalue weighted by Crippen LogP contribution is 2.38. The van der Waals surface area contributed by atoms with Crippen LogP contribution >= 0.6 is 11.6 Å². The van der Waals surface area contributed by atoms with Crippen LogP contribution in [0.15, 0.2) is 54.6 Å². The molecule has 0 atom stereocenters. The molecule has 0 amide bonds. The van der Waals surface area contributed by atoms with Crippen LogP contribution < -0.4 is 0 Å². The summed E-state index contributed by atoms with van der Waals surface area (Å²) in [6, 6.07) is 15.4. The zero-order valence-corrected chi connectivity index (χ0v) is 18.4. The monoisotopic (exact) mass is 442 g/mol. The number of halogens is 4. The number of rotatable bonds is 5. The predicted molar refractivity (Wildman–Crippen MR) is 121 cm³/mol. The summed E-state index contributed by atoms with van der Waals surface area (Å²) in [7, 11) is 0. The van der Waals surface area contributed by atoms with E-state index in [0.29, 0.717) is 23.8 Å². The molecule has 4 heteroatoms. The van der Waals surface area contributed by atoms with Gasteiger partial charge in [0.2, 0.25) is 0 Å². The Morgan fingerprint density at radius 1 is 0.806 bits per heavy atom. The minimum Gasteiger partial charge on any atom is -0.206 e. The van der Waals surface area contributed by atoms with Gasteiger partial charge in [0.15, 0.2) is 0 Å². The van der Waals surface area contributed by atoms with Gasteiger partial charge in [-0.1, -0.05) is 47.5 Å². The highest BCUT2D eigenvalue weighted by Gasteiger charge is 2.22. The normalized spacial score (nSPS) is 18.9. The Kier molecular flexibility index (Phi) is 6.71. The van der Waals surface area contributed by atoms with Gasteiger partial charge in [0.1, 0.15) is 17.5 Å². The molecule has 0 aliphatic heterocycles. The molecule has 0 nitrogen and oxygen atoms in total. The zero-order valence-electron chi connectivity index (χ0n) is 17.6. The maximum absolute atomic E-state index is 14.7. The van der Waals surface area contributed by atoms with Crippen molar-refractivity contribution in [1.29, 1.82) is 0 Å². The summed E-state index contributed by atoms with van der Waals surface area (Å²) in [5.41, 5.74) is 3.29. The van der Waals surface area contributed by atoms with Crippen molar-refractivity contribution in [2.75, 3.05) is 0 Å². The first-order valence-electron chi connectivity index (χ1n) is 10.9. The van der Waals surface area contributed by atoms with Crippen LogP contribution in [0, 0.1) is 30.3 Å². The lowest BCUT2D eigenvalue weighted by Crippen LogP contribution is -2.14. The largest absolute Gasteiger partial charge is 0.206 e. The summed E-state index contributed by atoms with van der Waals surface area (Å²) in [5.74, 6) is -0.827. The van der Waals surface area contributed by atoms with Crippen molar-refractivity contribution >= 4 is 11.6 Å². The minimum absolute atomic E-state index is 0.0710. The Hall–Kier alpha value is -2.26. The first kappa shape index (κ1) is 22.0. The van der Waals surface area contributed by atoms with Gasteiger partial charge in [-0.2, -0.15) is 0 Å². The summed E-state index contributed by atoms with van der Waals surface area (Å²) in [6.45, 7) is 2.10. The lowest BCUT2D eigenvalue weighted by molar-refractivity contribution is 0.310. The number of hydrogen-bond donors (Lipinski definition) is 0. The first-order valence-corrected chi connectivity index (χ1v) is 11.3. The fraction of sp³-hybridized carbons (Fsp3) is 0.333. The average Bonchev–Trinajstić information content (AvgIpc) is 2.75. The van der Waals surface area contributed by atoms with Crippen LogP contribution in [-0.2, 0) is 6.42 Å². The third kappa shape index (κ3) is 5.15. The molecule has 4 rings (SSSR count). The maximum atomic E-state index is 14.7. The molecule has 0 heterocycles. The van der Waals surface area contributed by atoms with Crippen molar-refractivity contribution < 1.29 is 13.2 Å². The fourth-order valence-corrected chi connectivity index (χ4v) is 4.81. The standard InChI is InChI=1S/C27H26ClF3/c1-17-2-8-20(9-3-17)21-10-6-18(7-11-21)4-5-19-14-25(30)27(26(31)15-19)22-12-13-23(28)24(29)16-22/h2-3,8-9,12-16,18,21H,4-7,10-11H2,1H3. The fourth-order valence-electron chi connectivity index (χ4n) is 4.69. The summed E-state index contributed by atoms with van der Waals surface area (Å²) in [6.07, 6.45) is 6.18. The lowest BCUT2D eigenvalue weighted by Gasteiger charge is -2.29. The maximum Gasteiger partial charge on any atom is 0.142 e. The van der Waals surface area contributed by atoms with Crippen LogP contribution in [0.3, 0.4) is 0 Å². The molecule has 31 heavy (non-hydrogen) atoms. The Morgan fingerprint density at radius 3 is 2.06 bits per heavy atom. The van der Waals surface area contributed by atoms with Crippen molar-refractivity contribution in [1.82, 2.24) is 0 Å². The van der Waals surface area contributed by atoms with E-state index in [1.165, 1.54) is 35.4 Å². The second-order valence-corrected chi connectivity index (χ2v) is 9.14. The Labute approximate surface area is 187 Å². The Balaban J connectivity index is 1.37. The van der Waals surface area contributed by atoms with E-state index in [1.807, 2.05) is 0 Å². The van der Waals surface area contributed by atoms with Crippen LogP contribution in [0.2, 0.25) is 5.02 Å². The summed E-state index contributed by atoms with van der Waals surface area (Å²) in [5, 5.41) is -0.0710. The van der Waals surface area contributed by atoms with Crippen LogP contribution in [0.25, 0.3) is 11.1 Å². The minimum atomic E-state index is -0.691. The number of benzene rings is 3. The van der Waals surface area contributed by atoms with Crippen molar-refractivity contribution in [3.8, 4) is 11.1 Å². The smallest absolute Gasteiger partial charge is 0.142 e. The van der Waals surface area contributed by atoms with Crippen LogP contribution in [0.1, 0.15) is 54.7 Å². The van der Waals surface area contributed by atoms with E-state index in [4.69, 9.17) is 11.6 Å². The third-order valence-corrected chi connectivity index (χ3v) is 6.85. The highest BCUT2D eigenvalue weighted by molar-refractivity contribution is 6.30. The molecule has 1 aliphatic carbocycles. The average molecular weight is 443 g/mol. The van der Waals surface area contributed by atoms with E-state index < -0.39 is 17.5 Å². The second-order valence-electron chi connectivity index (χ2n) is 8.73. The van der Waals surface area contributed by atoms with Crippen LogP contribution in [0.5, 0.6) is 0 Å². The van der Waals surface area contributed by atoms with Gasteiger partial charge in [-0.05, 0) is 98.2 Å². The number of aryl methyl sites for hydroxylation is 2. The SMILES string of the molecule is Cc1ccc(C2CCC(CCc3cc(F)c(-c4ccc(Cl)c(F)c4)c(F)c3)CC2)cc1. The third-order valence-electron chi connectivity index (χ3n) is 6.55. The molecule has 0 unspecified atom stereocenters. The van der Waals surface area contributed by atoms with Gasteiger partial charge in [-0.25, -0.2) is 13.2 Å². The quantitative estimate of drug-likeness (QED) is 0.371. The molecule has 162 valence electrons. The highest BCUT2D eigenvalue weighted by atomic mass is 35.5. The zero-order chi connectivity index (χ0) is 22.0. The molecule has 0 saturated heterocycles. The van der Waals surface area contributed by atoms with E-state index in [-0.39, 0.29) is 16.1 Å². The predicted octanol–water partition coefficient (Wildman–Crippen LogP) is 8.64. The molecule has 0 bridgehead atoms. The molecule has 3 aromatic carbocycles. The topological polar surface area (TPSA) is 0 Å². The summed E-state index contributed by atoms with van der Waals surface area (Å²) < 4.78 is 43.0. The van der Waals surface area contributed by atoms with Crippen molar-refractivity contribution in [2.45, 2.75) is 51.4 Å². The summed E-state index contributed by atoms with van der Waals surface area (Å²) in [4.78, 5) is 0. The molecular weight excluding hydrogens is 417 g/mol.